The lowest BCUT2D eigenvalue weighted by molar-refractivity contribution is -0.115. The fourth-order valence-corrected chi connectivity index (χ4v) is 4.71. The third kappa shape index (κ3) is 4.62. The zero-order valence-electron chi connectivity index (χ0n) is 19.1. The van der Waals surface area contributed by atoms with Crippen molar-refractivity contribution in [1.82, 2.24) is 25.1 Å². The Morgan fingerprint density at radius 3 is 2.76 bits per heavy atom. The second-order valence-corrected chi connectivity index (χ2v) is 8.77. The van der Waals surface area contributed by atoms with Crippen LogP contribution in [0.1, 0.15) is 30.3 Å². The lowest BCUT2D eigenvalue weighted by atomic mass is 9.88. The van der Waals surface area contributed by atoms with E-state index in [9.17, 15) is 9.90 Å². The molecule has 2 aromatic rings. The van der Waals surface area contributed by atoms with Crippen LogP contribution >= 0.6 is 0 Å². The largest absolute Gasteiger partial charge is 0.497 e. The second-order valence-electron chi connectivity index (χ2n) is 8.77. The number of ether oxygens (including phenoxy) is 1. The van der Waals surface area contributed by atoms with Crippen LogP contribution in [-0.4, -0.2) is 68.1 Å². The van der Waals surface area contributed by atoms with Gasteiger partial charge in [-0.05, 0) is 41.3 Å². The Bertz CT molecular complexity index is 1160. The van der Waals surface area contributed by atoms with Crippen molar-refractivity contribution in [3.05, 3.63) is 77.4 Å². The number of carbonyl (C=O) groups excluding carboxylic acids is 1. The van der Waals surface area contributed by atoms with Crippen LogP contribution in [0.4, 0.5) is 0 Å². The van der Waals surface area contributed by atoms with E-state index in [1.54, 1.807) is 17.9 Å². The van der Waals surface area contributed by atoms with Gasteiger partial charge in [-0.25, -0.2) is 9.67 Å². The van der Waals surface area contributed by atoms with E-state index in [4.69, 9.17) is 4.74 Å². The second kappa shape index (κ2) is 9.82. The van der Waals surface area contributed by atoms with Gasteiger partial charge in [0.2, 0.25) is 0 Å². The molecule has 1 saturated heterocycles. The lowest BCUT2D eigenvalue weighted by Crippen LogP contribution is -2.42. The average molecular weight is 461 g/mol. The molecule has 2 atom stereocenters. The van der Waals surface area contributed by atoms with Crippen LogP contribution in [0.25, 0.3) is 0 Å². The number of rotatable bonds is 7. The molecule has 1 aliphatic carbocycles. The highest BCUT2D eigenvalue weighted by molar-refractivity contribution is 6.13. The first kappa shape index (κ1) is 22.4. The molecule has 2 aliphatic heterocycles. The molecule has 0 bridgehead atoms. The maximum atomic E-state index is 13.3. The van der Waals surface area contributed by atoms with Crippen molar-refractivity contribution in [3.8, 4) is 0 Å². The number of methoxy groups -OCH3 is 1. The molecule has 0 radical (unpaired) electrons. The zero-order chi connectivity index (χ0) is 23.5. The van der Waals surface area contributed by atoms with Crippen LogP contribution in [0.3, 0.4) is 0 Å². The number of aliphatic hydroxyl groups excluding tert-OH is 1. The number of aliphatic hydroxyl groups is 1. The van der Waals surface area contributed by atoms with Crippen LogP contribution in [0, 0.1) is 5.92 Å². The number of aromatic nitrogens is 4. The first-order valence-electron chi connectivity index (χ1n) is 11.6. The minimum atomic E-state index is -0.433. The van der Waals surface area contributed by atoms with Crippen LogP contribution < -0.4 is 0 Å². The molecule has 9 heteroatoms. The highest BCUT2D eigenvalue weighted by Gasteiger charge is 2.37. The third-order valence-corrected chi connectivity index (χ3v) is 6.59. The van der Waals surface area contributed by atoms with Crippen molar-refractivity contribution in [2.24, 2.45) is 10.9 Å². The van der Waals surface area contributed by atoms with Crippen molar-refractivity contribution in [1.29, 1.82) is 0 Å². The number of likely N-dealkylation sites (tertiary alicyclic amines) is 1. The Morgan fingerprint density at radius 2 is 2.00 bits per heavy atom. The minimum absolute atomic E-state index is 0.113. The molecule has 1 fully saturated rings. The zero-order valence-corrected chi connectivity index (χ0v) is 19.1. The van der Waals surface area contributed by atoms with Gasteiger partial charge in [-0.1, -0.05) is 42.5 Å². The predicted octanol–water partition coefficient (Wildman–Crippen LogP) is 2.04. The van der Waals surface area contributed by atoms with Crippen LogP contribution in [0.2, 0.25) is 0 Å². The van der Waals surface area contributed by atoms with Crippen molar-refractivity contribution in [2.75, 3.05) is 20.2 Å². The van der Waals surface area contributed by atoms with E-state index in [-0.39, 0.29) is 17.9 Å². The molecule has 0 saturated carbocycles. The summed E-state index contributed by atoms with van der Waals surface area (Å²) in [6.07, 6.45) is 9.37. The number of aliphatic imine (C=N–C) groups is 1. The standard InChI is InChI=1S/C25H28N6O3/c1-34-20-8-7-18-15-21(25(33)26-22(18)16-20)23(30-12-10-19(32)11-13-30)24-27-28-29-31(24)14-9-17-5-3-2-4-6-17/h2-8,15-16,18-19,23,32H,9-14H2,1H3. The van der Waals surface area contributed by atoms with Crippen molar-refractivity contribution in [2.45, 2.75) is 38.0 Å². The van der Waals surface area contributed by atoms with Gasteiger partial charge in [0.1, 0.15) is 11.8 Å². The molecule has 1 aromatic carbocycles. The number of carbonyl (C=O) groups is 1. The van der Waals surface area contributed by atoms with Gasteiger partial charge in [0, 0.05) is 37.2 Å². The summed E-state index contributed by atoms with van der Waals surface area (Å²) in [5.74, 6) is 0.893. The van der Waals surface area contributed by atoms with Gasteiger partial charge in [-0.3, -0.25) is 9.69 Å². The summed E-state index contributed by atoms with van der Waals surface area (Å²) in [6, 6.07) is 9.74. The molecule has 34 heavy (non-hydrogen) atoms. The number of allylic oxidation sites excluding steroid dienone is 4. The van der Waals surface area contributed by atoms with E-state index in [0.29, 0.717) is 55.3 Å². The summed E-state index contributed by atoms with van der Waals surface area (Å²) in [7, 11) is 1.60. The van der Waals surface area contributed by atoms with Crippen LogP contribution in [-0.2, 0) is 22.5 Å². The average Bonchev–Trinajstić information content (AvgIpc) is 3.33. The molecular formula is C25H28N6O3. The Kier molecular flexibility index (Phi) is 6.46. The summed E-state index contributed by atoms with van der Waals surface area (Å²) in [5, 5.41) is 22.6. The number of hydrogen-bond donors (Lipinski definition) is 1. The van der Waals surface area contributed by atoms with E-state index in [1.165, 1.54) is 5.56 Å². The van der Waals surface area contributed by atoms with E-state index < -0.39 is 6.04 Å². The van der Waals surface area contributed by atoms with Crippen molar-refractivity contribution >= 4 is 11.6 Å². The molecule has 1 N–H and O–H groups in total. The number of fused-ring (bicyclic) bond motifs is 1. The summed E-state index contributed by atoms with van der Waals surface area (Å²) in [4.78, 5) is 19.9. The molecular weight excluding hydrogens is 432 g/mol. The minimum Gasteiger partial charge on any atom is -0.497 e. The number of benzene rings is 1. The first-order valence-corrected chi connectivity index (χ1v) is 11.6. The van der Waals surface area contributed by atoms with Gasteiger partial charge < -0.3 is 9.84 Å². The van der Waals surface area contributed by atoms with E-state index in [2.05, 4.69) is 37.6 Å². The fourth-order valence-electron chi connectivity index (χ4n) is 4.71. The Balaban J connectivity index is 1.47. The number of amides is 1. The normalized spacial score (nSPS) is 22.0. The van der Waals surface area contributed by atoms with Gasteiger partial charge in [0.15, 0.2) is 5.82 Å². The number of dihydropyridines is 1. The molecule has 1 amide bonds. The monoisotopic (exact) mass is 460 g/mol. The molecule has 176 valence electrons. The SMILES string of the molecule is COC1=CC2=NC(=O)C(C(c3nnnn3CCc3ccccc3)N3CCC(O)CC3)=CC2C=C1. The summed E-state index contributed by atoms with van der Waals surface area (Å²) >= 11 is 0. The maximum absolute atomic E-state index is 13.3. The molecule has 9 nitrogen and oxygen atoms in total. The van der Waals surface area contributed by atoms with E-state index >= 15 is 0 Å². The maximum Gasteiger partial charge on any atom is 0.274 e. The van der Waals surface area contributed by atoms with Gasteiger partial charge in [0.25, 0.3) is 5.91 Å². The van der Waals surface area contributed by atoms with Gasteiger partial charge >= 0.3 is 0 Å². The van der Waals surface area contributed by atoms with Gasteiger partial charge in [-0.2, -0.15) is 0 Å². The first-order chi connectivity index (χ1) is 16.6. The Labute approximate surface area is 198 Å². The smallest absolute Gasteiger partial charge is 0.274 e. The third-order valence-electron chi connectivity index (χ3n) is 6.59. The Hall–Kier alpha value is -3.43. The van der Waals surface area contributed by atoms with Crippen molar-refractivity contribution < 1.29 is 14.6 Å². The number of aryl methyl sites for hydroxylation is 2. The van der Waals surface area contributed by atoms with Gasteiger partial charge in [0.05, 0.1) is 18.9 Å². The number of nitrogens with zero attached hydrogens (tertiary/aromatic N) is 6. The predicted molar refractivity (Wildman–Crippen MR) is 126 cm³/mol. The molecule has 3 heterocycles. The molecule has 3 aliphatic rings. The highest BCUT2D eigenvalue weighted by Crippen LogP contribution is 2.34. The summed E-state index contributed by atoms with van der Waals surface area (Å²) in [6.45, 7) is 1.89. The van der Waals surface area contributed by atoms with E-state index in [1.807, 2.05) is 36.4 Å². The quantitative estimate of drug-likeness (QED) is 0.674. The molecule has 5 rings (SSSR count). The van der Waals surface area contributed by atoms with Crippen molar-refractivity contribution in [3.63, 3.8) is 0 Å². The molecule has 2 unspecified atom stereocenters. The fraction of sp³-hybridized carbons (Fsp3) is 0.400. The van der Waals surface area contributed by atoms with E-state index in [0.717, 1.165) is 6.42 Å². The topological polar surface area (TPSA) is 106 Å². The Morgan fingerprint density at radius 1 is 1.21 bits per heavy atom. The number of hydrogen-bond acceptors (Lipinski definition) is 7. The molecule has 0 spiro atoms. The van der Waals surface area contributed by atoms with Crippen LogP contribution in [0.5, 0.6) is 0 Å². The summed E-state index contributed by atoms with van der Waals surface area (Å²) in [5.41, 5.74) is 2.43. The van der Waals surface area contributed by atoms with Gasteiger partial charge in [-0.15, -0.1) is 5.10 Å². The number of piperidine rings is 1. The highest BCUT2D eigenvalue weighted by atomic mass is 16.5. The number of tetrazole rings is 1. The summed E-state index contributed by atoms with van der Waals surface area (Å²) < 4.78 is 7.08. The molecule has 1 aromatic heterocycles. The van der Waals surface area contributed by atoms with Crippen LogP contribution in [0.15, 0.2) is 71.0 Å². The lowest BCUT2D eigenvalue weighted by Gasteiger charge is -2.37.